The van der Waals surface area contributed by atoms with Crippen molar-refractivity contribution >= 4 is 0 Å². The SMILES string of the molecule is CCC1CCC(c2cc(F)c(Cc3ccc(OCC(F)(F)F)cc3)c(F)c2)CC1. The number of alkyl halides is 3. The summed E-state index contributed by atoms with van der Waals surface area (Å²) in [5.74, 6) is -0.181. The van der Waals surface area contributed by atoms with E-state index in [2.05, 4.69) is 11.7 Å². The van der Waals surface area contributed by atoms with E-state index in [0.717, 1.165) is 32.1 Å². The summed E-state index contributed by atoms with van der Waals surface area (Å²) in [5.41, 5.74) is 1.28. The van der Waals surface area contributed by atoms with Crippen molar-refractivity contribution in [2.24, 2.45) is 5.92 Å². The van der Waals surface area contributed by atoms with Crippen LogP contribution in [0.1, 0.15) is 61.6 Å². The number of rotatable bonds is 6. The zero-order chi connectivity index (χ0) is 21.0. The predicted molar refractivity (Wildman–Crippen MR) is 102 cm³/mol. The van der Waals surface area contributed by atoms with E-state index >= 15 is 0 Å². The summed E-state index contributed by atoms with van der Waals surface area (Å²) in [7, 11) is 0. The van der Waals surface area contributed by atoms with Gasteiger partial charge >= 0.3 is 6.18 Å². The molecule has 29 heavy (non-hydrogen) atoms. The summed E-state index contributed by atoms with van der Waals surface area (Å²) in [5, 5.41) is 0. The second-order valence-corrected chi connectivity index (χ2v) is 7.81. The Bertz CT molecular complexity index is 782. The van der Waals surface area contributed by atoms with E-state index in [1.807, 2.05) is 0 Å². The van der Waals surface area contributed by atoms with Crippen LogP contribution in [0, 0.1) is 17.6 Å². The van der Waals surface area contributed by atoms with Crippen LogP contribution in [0.5, 0.6) is 5.75 Å². The summed E-state index contributed by atoms with van der Waals surface area (Å²) in [6.07, 6.45) is 0.854. The van der Waals surface area contributed by atoms with Crippen LogP contribution in [0.4, 0.5) is 22.0 Å². The van der Waals surface area contributed by atoms with Crippen molar-refractivity contribution in [1.82, 2.24) is 0 Å². The molecule has 2 aromatic carbocycles. The van der Waals surface area contributed by atoms with E-state index in [-0.39, 0.29) is 23.7 Å². The van der Waals surface area contributed by atoms with Crippen molar-refractivity contribution in [2.45, 2.75) is 57.5 Å². The summed E-state index contributed by atoms with van der Waals surface area (Å²) in [4.78, 5) is 0. The van der Waals surface area contributed by atoms with Crippen LogP contribution in [-0.2, 0) is 6.42 Å². The molecule has 1 nitrogen and oxygen atoms in total. The Hall–Kier alpha value is -2.11. The highest BCUT2D eigenvalue weighted by Gasteiger charge is 2.28. The molecule has 6 heteroatoms. The van der Waals surface area contributed by atoms with Gasteiger partial charge in [0.25, 0.3) is 0 Å². The molecule has 0 heterocycles. The molecule has 0 radical (unpaired) electrons. The van der Waals surface area contributed by atoms with Gasteiger partial charge in [-0.3, -0.25) is 0 Å². The van der Waals surface area contributed by atoms with Gasteiger partial charge in [-0.1, -0.05) is 25.5 Å². The zero-order valence-corrected chi connectivity index (χ0v) is 16.4. The summed E-state index contributed by atoms with van der Waals surface area (Å²) in [6, 6.07) is 8.66. The average molecular weight is 412 g/mol. The Kier molecular flexibility index (Phi) is 6.81. The molecule has 1 fully saturated rings. The standard InChI is InChI=1S/C23H25F5O/c1-2-15-3-7-17(8-4-15)18-12-21(24)20(22(25)13-18)11-16-5-9-19(10-6-16)29-14-23(26,27)28/h5-6,9-10,12-13,15,17H,2-4,7-8,11,14H2,1H3. The summed E-state index contributed by atoms with van der Waals surface area (Å²) in [6.45, 7) is 0.797. The van der Waals surface area contributed by atoms with Crippen molar-refractivity contribution < 1.29 is 26.7 Å². The van der Waals surface area contributed by atoms with E-state index in [0.29, 0.717) is 17.0 Å². The van der Waals surface area contributed by atoms with Gasteiger partial charge in [-0.05, 0) is 72.9 Å². The summed E-state index contributed by atoms with van der Waals surface area (Å²) < 4.78 is 70.5. The van der Waals surface area contributed by atoms with Gasteiger partial charge in [-0.25, -0.2) is 8.78 Å². The number of benzene rings is 2. The smallest absolute Gasteiger partial charge is 0.422 e. The quantitative estimate of drug-likeness (QED) is 0.457. The van der Waals surface area contributed by atoms with Gasteiger partial charge in [0.15, 0.2) is 6.61 Å². The van der Waals surface area contributed by atoms with Crippen LogP contribution in [0.15, 0.2) is 36.4 Å². The van der Waals surface area contributed by atoms with Crippen molar-refractivity contribution in [3.63, 3.8) is 0 Å². The third-order valence-corrected chi connectivity index (χ3v) is 5.77. The molecule has 0 saturated heterocycles. The second kappa shape index (κ2) is 9.14. The van der Waals surface area contributed by atoms with E-state index in [4.69, 9.17) is 0 Å². The molecule has 0 aromatic heterocycles. The highest BCUT2D eigenvalue weighted by Crippen LogP contribution is 2.38. The minimum absolute atomic E-state index is 0.0278. The van der Waals surface area contributed by atoms with Crippen molar-refractivity contribution in [1.29, 1.82) is 0 Å². The molecule has 0 N–H and O–H groups in total. The van der Waals surface area contributed by atoms with Gasteiger partial charge in [-0.15, -0.1) is 0 Å². The van der Waals surface area contributed by atoms with Gasteiger partial charge in [0, 0.05) is 12.0 Å². The lowest BCUT2D eigenvalue weighted by atomic mass is 9.77. The van der Waals surface area contributed by atoms with Crippen LogP contribution >= 0.6 is 0 Å². The van der Waals surface area contributed by atoms with Crippen LogP contribution in [0.3, 0.4) is 0 Å². The Labute approximate surface area is 167 Å². The third-order valence-electron chi connectivity index (χ3n) is 5.77. The normalized spacial score (nSPS) is 19.9. The first-order valence-electron chi connectivity index (χ1n) is 10.0. The maximum atomic E-state index is 14.6. The number of halogens is 5. The maximum absolute atomic E-state index is 14.6. The maximum Gasteiger partial charge on any atom is 0.422 e. The minimum Gasteiger partial charge on any atom is -0.484 e. The van der Waals surface area contributed by atoms with Crippen molar-refractivity contribution in [3.8, 4) is 5.75 Å². The lowest BCUT2D eigenvalue weighted by Gasteiger charge is -2.28. The summed E-state index contributed by atoms with van der Waals surface area (Å²) >= 11 is 0. The van der Waals surface area contributed by atoms with E-state index < -0.39 is 24.4 Å². The Morgan fingerprint density at radius 1 is 0.931 bits per heavy atom. The van der Waals surface area contributed by atoms with Gasteiger partial charge in [-0.2, -0.15) is 13.2 Å². The first-order valence-corrected chi connectivity index (χ1v) is 10.0. The first-order chi connectivity index (χ1) is 13.7. The van der Waals surface area contributed by atoms with Gasteiger partial charge in [0.05, 0.1) is 0 Å². The molecule has 158 valence electrons. The van der Waals surface area contributed by atoms with E-state index in [1.165, 1.54) is 36.4 Å². The molecule has 0 spiro atoms. The van der Waals surface area contributed by atoms with Gasteiger partial charge < -0.3 is 4.74 Å². The number of hydrogen-bond acceptors (Lipinski definition) is 1. The first kappa shape index (κ1) is 21.6. The van der Waals surface area contributed by atoms with Crippen LogP contribution in [0.25, 0.3) is 0 Å². The average Bonchev–Trinajstić information content (AvgIpc) is 2.69. The van der Waals surface area contributed by atoms with E-state index in [9.17, 15) is 22.0 Å². The highest BCUT2D eigenvalue weighted by molar-refractivity contribution is 5.35. The van der Waals surface area contributed by atoms with Crippen LogP contribution in [0.2, 0.25) is 0 Å². The second-order valence-electron chi connectivity index (χ2n) is 7.81. The lowest BCUT2D eigenvalue weighted by molar-refractivity contribution is -0.153. The fourth-order valence-corrected chi connectivity index (χ4v) is 4.00. The highest BCUT2D eigenvalue weighted by atomic mass is 19.4. The number of ether oxygens (including phenoxy) is 1. The zero-order valence-electron chi connectivity index (χ0n) is 16.4. The monoisotopic (exact) mass is 412 g/mol. The molecular weight excluding hydrogens is 387 g/mol. The minimum atomic E-state index is -4.41. The molecule has 0 unspecified atom stereocenters. The molecule has 0 amide bonds. The van der Waals surface area contributed by atoms with Crippen molar-refractivity contribution in [2.75, 3.05) is 6.61 Å². The Morgan fingerprint density at radius 3 is 2.03 bits per heavy atom. The molecule has 2 aromatic rings. The van der Waals surface area contributed by atoms with E-state index in [1.54, 1.807) is 0 Å². The predicted octanol–water partition coefficient (Wildman–Crippen LogP) is 7.18. The number of hydrogen-bond donors (Lipinski definition) is 0. The fourth-order valence-electron chi connectivity index (χ4n) is 4.00. The molecule has 0 bridgehead atoms. The molecule has 1 aliphatic carbocycles. The Balaban J connectivity index is 1.67. The van der Waals surface area contributed by atoms with Crippen molar-refractivity contribution in [3.05, 3.63) is 64.7 Å². The molecule has 0 atom stereocenters. The molecule has 1 saturated carbocycles. The fraction of sp³-hybridized carbons (Fsp3) is 0.478. The lowest BCUT2D eigenvalue weighted by Crippen LogP contribution is -2.19. The molecule has 1 aliphatic rings. The molecular formula is C23H25F5O. The largest absolute Gasteiger partial charge is 0.484 e. The molecule has 0 aliphatic heterocycles. The topological polar surface area (TPSA) is 9.23 Å². The van der Waals surface area contributed by atoms with Gasteiger partial charge in [0.1, 0.15) is 17.4 Å². The van der Waals surface area contributed by atoms with Crippen LogP contribution < -0.4 is 4.74 Å². The third kappa shape index (κ3) is 5.94. The Morgan fingerprint density at radius 2 is 1.52 bits per heavy atom. The van der Waals surface area contributed by atoms with Crippen LogP contribution in [-0.4, -0.2) is 12.8 Å². The molecule has 3 rings (SSSR count). The van der Waals surface area contributed by atoms with Gasteiger partial charge in [0.2, 0.25) is 0 Å².